The van der Waals surface area contributed by atoms with E-state index in [1.807, 2.05) is 66.3 Å². The first-order valence-electron chi connectivity index (χ1n) is 9.26. The Hall–Kier alpha value is -3.25. The summed E-state index contributed by atoms with van der Waals surface area (Å²) >= 11 is 3.52. The van der Waals surface area contributed by atoms with Gasteiger partial charge in [0.2, 0.25) is 5.78 Å². The molecule has 0 saturated heterocycles. The Kier molecular flexibility index (Phi) is 4.28. The number of aromatic nitrogens is 4. The maximum atomic E-state index is 13.4. The van der Waals surface area contributed by atoms with Gasteiger partial charge < -0.3 is 0 Å². The lowest BCUT2D eigenvalue weighted by Gasteiger charge is -2.03. The summed E-state index contributed by atoms with van der Waals surface area (Å²) in [4.78, 5) is 13.4. The van der Waals surface area contributed by atoms with Crippen LogP contribution in [0.15, 0.2) is 77.4 Å². The molecule has 0 aliphatic rings. The van der Waals surface area contributed by atoms with Gasteiger partial charge in [0.25, 0.3) is 0 Å². The average Bonchev–Trinajstić information content (AvgIpc) is 3.28. The second kappa shape index (κ2) is 6.97. The summed E-state index contributed by atoms with van der Waals surface area (Å²) in [7, 11) is 1.89. The summed E-state index contributed by atoms with van der Waals surface area (Å²) in [6, 6.07) is 21.7. The Bertz CT molecular complexity index is 1370. The molecule has 0 bridgehead atoms. The van der Waals surface area contributed by atoms with Gasteiger partial charge in [-0.1, -0.05) is 46.3 Å². The second-order valence-electron chi connectivity index (χ2n) is 7.02. The molecule has 0 spiro atoms. The van der Waals surface area contributed by atoms with Crippen LogP contribution in [0.1, 0.15) is 21.6 Å². The molecular formula is C23H17BrN4O. The second-order valence-corrected chi connectivity index (χ2v) is 7.94. The number of rotatable bonds is 4. The Morgan fingerprint density at radius 1 is 1.00 bits per heavy atom. The molecule has 142 valence electrons. The van der Waals surface area contributed by atoms with E-state index in [1.54, 1.807) is 10.9 Å². The van der Waals surface area contributed by atoms with Gasteiger partial charge in [0.15, 0.2) is 0 Å². The molecule has 29 heavy (non-hydrogen) atoms. The van der Waals surface area contributed by atoms with Crippen molar-refractivity contribution in [3.63, 3.8) is 0 Å². The van der Waals surface area contributed by atoms with Gasteiger partial charge in [-0.05, 0) is 42.0 Å². The van der Waals surface area contributed by atoms with Crippen molar-refractivity contribution < 1.29 is 4.79 Å². The summed E-state index contributed by atoms with van der Waals surface area (Å²) in [6.07, 6.45) is 1.77. The van der Waals surface area contributed by atoms with Gasteiger partial charge in [-0.25, -0.2) is 0 Å². The third-order valence-corrected chi connectivity index (χ3v) is 5.60. The van der Waals surface area contributed by atoms with E-state index in [0.717, 1.165) is 31.8 Å². The van der Waals surface area contributed by atoms with Crippen molar-refractivity contribution in [2.24, 2.45) is 7.05 Å². The molecule has 0 aliphatic carbocycles. The highest BCUT2D eigenvalue weighted by Gasteiger charge is 2.20. The van der Waals surface area contributed by atoms with Crippen molar-refractivity contribution in [3.05, 3.63) is 94.2 Å². The molecular weight excluding hydrogens is 428 g/mol. The number of halogens is 1. The van der Waals surface area contributed by atoms with Crippen molar-refractivity contribution in [2.45, 2.75) is 6.54 Å². The van der Waals surface area contributed by atoms with Gasteiger partial charge in [0, 0.05) is 27.9 Å². The van der Waals surface area contributed by atoms with Gasteiger partial charge in [-0.3, -0.25) is 14.2 Å². The zero-order chi connectivity index (χ0) is 20.0. The number of nitrogens with zero attached hydrogens (tertiary/aromatic N) is 4. The highest BCUT2D eigenvalue weighted by Crippen LogP contribution is 2.26. The SMILES string of the molecule is Cn1ncc2cc(C(=O)c3nn(Cc4ccccc4)c4ccc(Br)cc34)ccc21. The number of hydrogen-bond acceptors (Lipinski definition) is 3. The van der Waals surface area contributed by atoms with Crippen LogP contribution in [0.25, 0.3) is 21.8 Å². The van der Waals surface area contributed by atoms with E-state index in [9.17, 15) is 4.79 Å². The lowest BCUT2D eigenvalue weighted by molar-refractivity contribution is 0.103. The first-order valence-corrected chi connectivity index (χ1v) is 10.1. The predicted octanol–water partition coefficient (Wildman–Crippen LogP) is 4.96. The fourth-order valence-electron chi connectivity index (χ4n) is 3.64. The average molecular weight is 445 g/mol. The zero-order valence-corrected chi connectivity index (χ0v) is 17.3. The first-order chi connectivity index (χ1) is 14.1. The number of hydrogen-bond donors (Lipinski definition) is 0. The molecule has 0 unspecified atom stereocenters. The van der Waals surface area contributed by atoms with E-state index in [1.165, 1.54) is 0 Å². The monoisotopic (exact) mass is 444 g/mol. The van der Waals surface area contributed by atoms with Crippen LogP contribution in [0.4, 0.5) is 0 Å². The number of fused-ring (bicyclic) bond motifs is 2. The molecule has 0 amide bonds. The van der Waals surface area contributed by atoms with Crippen LogP contribution in [0.2, 0.25) is 0 Å². The molecule has 2 aromatic heterocycles. The van der Waals surface area contributed by atoms with E-state index in [0.29, 0.717) is 17.8 Å². The fourth-order valence-corrected chi connectivity index (χ4v) is 4.00. The quantitative estimate of drug-likeness (QED) is 0.368. The minimum atomic E-state index is -0.0920. The Labute approximate surface area is 175 Å². The maximum absolute atomic E-state index is 13.4. The van der Waals surface area contributed by atoms with Gasteiger partial charge in [0.05, 0.1) is 23.8 Å². The minimum absolute atomic E-state index is 0.0920. The smallest absolute Gasteiger partial charge is 0.213 e. The molecule has 0 atom stereocenters. The van der Waals surface area contributed by atoms with Crippen molar-refractivity contribution in [3.8, 4) is 0 Å². The van der Waals surface area contributed by atoms with Crippen LogP contribution < -0.4 is 0 Å². The van der Waals surface area contributed by atoms with Crippen LogP contribution >= 0.6 is 15.9 Å². The predicted molar refractivity (Wildman–Crippen MR) is 117 cm³/mol. The molecule has 6 heteroatoms. The van der Waals surface area contributed by atoms with Crippen LogP contribution in [0, 0.1) is 0 Å². The third-order valence-electron chi connectivity index (χ3n) is 5.11. The van der Waals surface area contributed by atoms with Gasteiger partial charge >= 0.3 is 0 Å². The minimum Gasteiger partial charge on any atom is -0.287 e. The maximum Gasteiger partial charge on any atom is 0.213 e. The topological polar surface area (TPSA) is 52.7 Å². The molecule has 5 rings (SSSR count). The number of carbonyl (C=O) groups excluding carboxylic acids is 1. The molecule has 0 aliphatic heterocycles. The van der Waals surface area contributed by atoms with Crippen molar-refractivity contribution in [1.29, 1.82) is 0 Å². The molecule has 0 N–H and O–H groups in total. The molecule has 0 fully saturated rings. The number of aryl methyl sites for hydroxylation is 1. The lowest BCUT2D eigenvalue weighted by atomic mass is 10.0. The van der Waals surface area contributed by atoms with E-state index in [2.05, 4.69) is 33.2 Å². The molecule has 2 heterocycles. The summed E-state index contributed by atoms with van der Waals surface area (Å²) in [5, 5.41) is 10.8. The number of ketones is 1. The molecule has 0 radical (unpaired) electrons. The highest BCUT2D eigenvalue weighted by molar-refractivity contribution is 9.10. The normalized spacial score (nSPS) is 11.4. The molecule has 0 saturated carbocycles. The standard InChI is InChI=1S/C23H17BrN4O/c1-27-20-9-7-16(11-17(20)13-25-27)23(29)22-19-12-18(24)8-10-21(19)28(26-22)14-15-5-3-2-4-6-15/h2-13H,14H2,1H3. The van der Waals surface area contributed by atoms with Crippen LogP contribution in [0.5, 0.6) is 0 Å². The van der Waals surface area contributed by atoms with E-state index >= 15 is 0 Å². The Balaban J connectivity index is 1.63. The van der Waals surface area contributed by atoms with Crippen LogP contribution in [0.3, 0.4) is 0 Å². The number of benzene rings is 3. The molecule has 5 aromatic rings. The van der Waals surface area contributed by atoms with Crippen LogP contribution in [-0.4, -0.2) is 25.3 Å². The largest absolute Gasteiger partial charge is 0.287 e. The highest BCUT2D eigenvalue weighted by atomic mass is 79.9. The van der Waals surface area contributed by atoms with Crippen molar-refractivity contribution in [2.75, 3.05) is 0 Å². The zero-order valence-electron chi connectivity index (χ0n) is 15.7. The first kappa shape index (κ1) is 17.8. The van der Waals surface area contributed by atoms with Crippen molar-refractivity contribution in [1.82, 2.24) is 19.6 Å². The summed E-state index contributed by atoms with van der Waals surface area (Å²) in [6.45, 7) is 0.605. The van der Waals surface area contributed by atoms with E-state index in [4.69, 9.17) is 5.10 Å². The van der Waals surface area contributed by atoms with E-state index < -0.39 is 0 Å². The van der Waals surface area contributed by atoms with Gasteiger partial charge in [-0.15, -0.1) is 0 Å². The summed E-state index contributed by atoms with van der Waals surface area (Å²) in [5.74, 6) is -0.0920. The number of carbonyl (C=O) groups is 1. The van der Waals surface area contributed by atoms with Gasteiger partial charge in [-0.2, -0.15) is 10.2 Å². The third kappa shape index (κ3) is 3.15. The van der Waals surface area contributed by atoms with Gasteiger partial charge in [0.1, 0.15) is 5.69 Å². The molecule has 3 aromatic carbocycles. The lowest BCUT2D eigenvalue weighted by Crippen LogP contribution is -2.06. The summed E-state index contributed by atoms with van der Waals surface area (Å²) < 4.78 is 4.61. The van der Waals surface area contributed by atoms with Crippen LogP contribution in [-0.2, 0) is 13.6 Å². The van der Waals surface area contributed by atoms with Crippen molar-refractivity contribution >= 4 is 43.5 Å². The van der Waals surface area contributed by atoms with E-state index in [-0.39, 0.29) is 5.78 Å². The Morgan fingerprint density at radius 3 is 2.62 bits per heavy atom. The summed E-state index contributed by atoms with van der Waals surface area (Å²) in [5.41, 5.74) is 4.12. The Morgan fingerprint density at radius 2 is 1.79 bits per heavy atom. The fraction of sp³-hybridized carbons (Fsp3) is 0.0870. The molecule has 5 nitrogen and oxygen atoms in total.